The number of halogens is 3. The summed E-state index contributed by atoms with van der Waals surface area (Å²) in [6.45, 7) is 12.0. The van der Waals surface area contributed by atoms with Crippen LogP contribution in [0.4, 0.5) is 18.9 Å². The van der Waals surface area contributed by atoms with Crippen LogP contribution in [-0.4, -0.2) is 51.9 Å². The molecular weight excluding hydrogens is 415 g/mol. The number of anilines is 1. The minimum atomic E-state index is -4.41. The number of hydrogen-bond donors (Lipinski definition) is 0. The van der Waals surface area contributed by atoms with Crippen LogP contribution in [0.1, 0.15) is 40.2 Å². The number of thiocarbonyl (C=S) groups is 1. The van der Waals surface area contributed by atoms with E-state index in [1.165, 1.54) is 12.1 Å². The van der Waals surface area contributed by atoms with Crippen LogP contribution >= 0.6 is 24.0 Å². The third kappa shape index (κ3) is 4.64. The van der Waals surface area contributed by atoms with Crippen molar-refractivity contribution < 1.29 is 13.2 Å². The molecule has 2 heterocycles. The Morgan fingerprint density at radius 1 is 1.14 bits per heavy atom. The third-order valence-electron chi connectivity index (χ3n) is 5.20. The van der Waals surface area contributed by atoms with E-state index in [1.54, 1.807) is 11.0 Å². The maximum Gasteiger partial charge on any atom is 0.416 e. The van der Waals surface area contributed by atoms with Crippen molar-refractivity contribution in [2.45, 2.75) is 52.4 Å². The quantitative estimate of drug-likeness (QED) is 0.562. The van der Waals surface area contributed by atoms with Gasteiger partial charge in [0.2, 0.25) is 0 Å². The van der Waals surface area contributed by atoms with E-state index in [4.69, 9.17) is 17.2 Å². The monoisotopic (exact) mass is 443 g/mol. The Balaban J connectivity index is 2.15. The van der Waals surface area contributed by atoms with Gasteiger partial charge in [-0.3, -0.25) is 14.8 Å². The van der Waals surface area contributed by atoms with Gasteiger partial charge < -0.3 is 0 Å². The molecule has 1 atom stereocenters. The molecule has 2 aliphatic rings. The van der Waals surface area contributed by atoms with E-state index >= 15 is 0 Å². The second-order valence-corrected chi connectivity index (χ2v) is 10.7. The van der Waals surface area contributed by atoms with E-state index in [0.29, 0.717) is 10.7 Å². The van der Waals surface area contributed by atoms with Gasteiger partial charge in [0.05, 0.1) is 22.1 Å². The van der Waals surface area contributed by atoms with Crippen molar-refractivity contribution in [3.63, 3.8) is 0 Å². The molecule has 0 saturated carbocycles. The molecule has 0 radical (unpaired) electrons. The molecule has 29 heavy (non-hydrogen) atoms. The first-order valence-electron chi connectivity index (χ1n) is 9.76. The summed E-state index contributed by atoms with van der Waals surface area (Å²) in [4.78, 5) is 9.77. The Kier molecular flexibility index (Phi) is 6.11. The fourth-order valence-corrected chi connectivity index (χ4v) is 5.18. The minimum Gasteiger partial charge on any atom is -0.291 e. The normalized spacial score (nSPS) is 25.1. The SMILES string of the molecule is CC(C)(C)N=C1[C@H](N2CCSCC2)C(C)(C)C(=S)N1c1cccc(C(F)(F)F)c1. The summed E-state index contributed by atoms with van der Waals surface area (Å²) in [7, 11) is 0. The van der Waals surface area contributed by atoms with Crippen LogP contribution in [0.2, 0.25) is 0 Å². The molecule has 2 aliphatic heterocycles. The van der Waals surface area contributed by atoms with E-state index in [2.05, 4.69) is 18.7 Å². The zero-order valence-corrected chi connectivity index (χ0v) is 19.1. The van der Waals surface area contributed by atoms with E-state index in [1.807, 2.05) is 32.5 Å². The number of rotatable bonds is 2. The molecule has 2 saturated heterocycles. The number of thioether (sulfide) groups is 1. The largest absolute Gasteiger partial charge is 0.416 e. The Bertz CT molecular complexity index is 806. The summed E-state index contributed by atoms with van der Waals surface area (Å²) in [5.41, 5.74) is -1.05. The summed E-state index contributed by atoms with van der Waals surface area (Å²) >= 11 is 7.76. The molecule has 0 aliphatic carbocycles. The van der Waals surface area contributed by atoms with Crippen molar-refractivity contribution in [2.75, 3.05) is 29.5 Å². The zero-order valence-electron chi connectivity index (χ0n) is 17.5. The van der Waals surface area contributed by atoms with E-state index < -0.39 is 17.2 Å². The van der Waals surface area contributed by atoms with Crippen molar-refractivity contribution in [3.8, 4) is 0 Å². The molecule has 160 valence electrons. The van der Waals surface area contributed by atoms with Crippen LogP contribution in [0.15, 0.2) is 29.3 Å². The van der Waals surface area contributed by atoms with Gasteiger partial charge in [-0.15, -0.1) is 0 Å². The average molecular weight is 444 g/mol. The molecule has 3 rings (SSSR count). The lowest BCUT2D eigenvalue weighted by Gasteiger charge is -2.38. The standard InChI is InChI=1S/C21H28F3N3S2/c1-19(2,3)25-17-16(26-9-11-29-12-10-26)20(4,5)18(28)27(17)15-8-6-7-14(13-15)21(22,23)24/h6-8,13,16H,9-12H2,1-5H3/t16-/m0/s1. The zero-order chi connectivity index (χ0) is 21.6. The topological polar surface area (TPSA) is 18.8 Å². The molecule has 0 amide bonds. The Hall–Kier alpha value is -1.12. The lowest BCUT2D eigenvalue weighted by atomic mass is 9.85. The van der Waals surface area contributed by atoms with Crippen LogP contribution in [0, 0.1) is 5.41 Å². The molecule has 0 aromatic heterocycles. The summed E-state index contributed by atoms with van der Waals surface area (Å²) in [5.74, 6) is 2.82. The van der Waals surface area contributed by atoms with Crippen molar-refractivity contribution >= 4 is 40.5 Å². The van der Waals surface area contributed by atoms with Crippen LogP contribution in [0.3, 0.4) is 0 Å². The fourth-order valence-electron chi connectivity index (χ4n) is 3.94. The molecule has 0 N–H and O–H groups in total. The summed E-state index contributed by atoms with van der Waals surface area (Å²) < 4.78 is 40.0. The smallest absolute Gasteiger partial charge is 0.291 e. The molecule has 0 unspecified atom stereocenters. The number of amidine groups is 1. The first kappa shape index (κ1) is 22.6. The van der Waals surface area contributed by atoms with Crippen LogP contribution in [-0.2, 0) is 6.18 Å². The van der Waals surface area contributed by atoms with Crippen LogP contribution in [0.5, 0.6) is 0 Å². The van der Waals surface area contributed by atoms with Gasteiger partial charge >= 0.3 is 6.18 Å². The first-order valence-corrected chi connectivity index (χ1v) is 11.3. The van der Waals surface area contributed by atoms with E-state index in [0.717, 1.165) is 36.5 Å². The Morgan fingerprint density at radius 3 is 2.31 bits per heavy atom. The van der Waals surface area contributed by atoms with Gasteiger partial charge in [0, 0.05) is 35.7 Å². The number of aliphatic imine (C=N–C) groups is 1. The highest BCUT2D eigenvalue weighted by Crippen LogP contribution is 2.42. The Morgan fingerprint density at radius 2 is 1.76 bits per heavy atom. The maximum atomic E-state index is 13.3. The highest BCUT2D eigenvalue weighted by atomic mass is 32.2. The molecule has 8 heteroatoms. The minimum absolute atomic E-state index is 0.0651. The van der Waals surface area contributed by atoms with E-state index in [-0.39, 0.29) is 11.6 Å². The predicted octanol–water partition coefficient (Wildman–Crippen LogP) is 5.49. The molecule has 1 aromatic rings. The van der Waals surface area contributed by atoms with E-state index in [9.17, 15) is 13.2 Å². The summed E-state index contributed by atoms with van der Waals surface area (Å²) in [6.07, 6.45) is -4.41. The molecule has 1 aromatic carbocycles. The molecular formula is C21H28F3N3S2. The molecule has 3 nitrogen and oxygen atoms in total. The maximum absolute atomic E-state index is 13.3. The highest BCUT2D eigenvalue weighted by Gasteiger charge is 2.52. The average Bonchev–Trinajstić information content (AvgIpc) is 2.79. The van der Waals surface area contributed by atoms with Gasteiger partial charge in [-0.1, -0.05) is 32.1 Å². The van der Waals surface area contributed by atoms with Crippen molar-refractivity contribution in [1.82, 2.24) is 4.90 Å². The number of benzene rings is 1. The predicted molar refractivity (Wildman–Crippen MR) is 120 cm³/mol. The lowest BCUT2D eigenvalue weighted by molar-refractivity contribution is -0.137. The second-order valence-electron chi connectivity index (χ2n) is 9.10. The molecule has 2 fully saturated rings. The van der Waals surface area contributed by atoms with Gasteiger partial charge in [0.15, 0.2) is 0 Å². The number of alkyl halides is 3. The number of nitrogens with zero attached hydrogens (tertiary/aromatic N) is 3. The van der Waals surface area contributed by atoms with Gasteiger partial charge in [0.25, 0.3) is 0 Å². The second kappa shape index (κ2) is 7.85. The number of hydrogen-bond acceptors (Lipinski definition) is 4. The van der Waals surface area contributed by atoms with Crippen LogP contribution < -0.4 is 4.90 Å². The van der Waals surface area contributed by atoms with Gasteiger partial charge in [-0.2, -0.15) is 24.9 Å². The van der Waals surface area contributed by atoms with Crippen LogP contribution in [0.25, 0.3) is 0 Å². The Labute approximate surface area is 180 Å². The third-order valence-corrected chi connectivity index (χ3v) is 6.86. The van der Waals surface area contributed by atoms with Crippen molar-refractivity contribution in [2.24, 2.45) is 10.4 Å². The van der Waals surface area contributed by atoms with Gasteiger partial charge in [-0.25, -0.2) is 0 Å². The summed E-state index contributed by atoms with van der Waals surface area (Å²) in [6, 6.07) is 5.32. The fraction of sp³-hybridized carbons (Fsp3) is 0.619. The molecule has 0 bridgehead atoms. The van der Waals surface area contributed by atoms with Crippen molar-refractivity contribution in [3.05, 3.63) is 29.8 Å². The van der Waals surface area contributed by atoms with Crippen molar-refractivity contribution in [1.29, 1.82) is 0 Å². The first-order chi connectivity index (χ1) is 13.3. The van der Waals surface area contributed by atoms with Gasteiger partial charge in [-0.05, 0) is 39.0 Å². The lowest BCUT2D eigenvalue weighted by Crippen LogP contribution is -2.51. The van der Waals surface area contributed by atoms with Gasteiger partial charge in [0.1, 0.15) is 5.84 Å². The molecule has 0 spiro atoms. The highest BCUT2D eigenvalue weighted by molar-refractivity contribution is 7.99. The summed E-state index contributed by atoms with van der Waals surface area (Å²) in [5, 5.41) is 0.